The molecular weight excluding hydrogens is 262 g/mol. The van der Waals surface area contributed by atoms with Crippen molar-refractivity contribution in [3.05, 3.63) is 18.0 Å². The molecule has 0 atom stereocenters. The molecule has 19 heavy (non-hydrogen) atoms. The Hall–Kier alpha value is -1.31. The molecule has 7 heteroatoms. The Bertz CT molecular complexity index is 422. The van der Waals surface area contributed by atoms with E-state index in [1.165, 1.54) is 0 Å². The zero-order chi connectivity index (χ0) is 13.5. The number of ether oxygens (including phenoxy) is 1. The molecule has 0 radical (unpaired) electrons. The molecule has 1 fully saturated rings. The van der Waals surface area contributed by atoms with Gasteiger partial charge in [0, 0.05) is 38.1 Å². The summed E-state index contributed by atoms with van der Waals surface area (Å²) in [5, 5.41) is 6.69. The number of nitrogens with zero attached hydrogens (tertiary/aromatic N) is 3. The van der Waals surface area contributed by atoms with E-state index in [9.17, 15) is 0 Å². The van der Waals surface area contributed by atoms with Crippen LogP contribution in [0.5, 0.6) is 0 Å². The molecule has 0 amide bonds. The Morgan fingerprint density at radius 1 is 1.47 bits per heavy atom. The number of anilines is 1. The first-order valence-corrected chi connectivity index (χ1v) is 6.79. The first kappa shape index (κ1) is 14.1. The summed E-state index contributed by atoms with van der Waals surface area (Å²) in [6.07, 6.45) is 1.71. The lowest BCUT2D eigenvalue weighted by Gasteiger charge is -2.26. The lowest BCUT2D eigenvalue weighted by Crippen LogP contribution is -2.42. The Kier molecular flexibility index (Phi) is 5.44. The van der Waals surface area contributed by atoms with Gasteiger partial charge in [-0.25, -0.2) is 9.97 Å². The van der Waals surface area contributed by atoms with Crippen molar-refractivity contribution in [2.24, 2.45) is 0 Å². The summed E-state index contributed by atoms with van der Waals surface area (Å²) < 4.78 is 5.30. The van der Waals surface area contributed by atoms with Crippen molar-refractivity contribution in [2.45, 2.75) is 6.92 Å². The summed E-state index contributed by atoms with van der Waals surface area (Å²) in [5.74, 6) is 0.531. The van der Waals surface area contributed by atoms with Gasteiger partial charge in [0.05, 0.1) is 13.2 Å². The van der Waals surface area contributed by atoms with Crippen LogP contribution in [0.15, 0.2) is 12.3 Å². The topological polar surface area (TPSA) is 62.3 Å². The average molecular weight is 281 g/mol. The van der Waals surface area contributed by atoms with Crippen molar-refractivity contribution in [1.29, 1.82) is 0 Å². The standard InChI is InChI=1S/C12H19N5OS/c1-10-2-3-13-11(15-10)16-12(19)14-4-5-17-6-8-18-9-7-17/h2-3H,4-9H2,1H3,(H2,13,14,15,16,19). The summed E-state index contributed by atoms with van der Waals surface area (Å²) >= 11 is 5.20. The molecule has 1 aromatic rings. The van der Waals surface area contributed by atoms with Gasteiger partial charge in [-0.05, 0) is 25.2 Å². The molecule has 6 nitrogen and oxygen atoms in total. The summed E-state index contributed by atoms with van der Waals surface area (Å²) in [7, 11) is 0. The van der Waals surface area contributed by atoms with Gasteiger partial charge in [0.2, 0.25) is 5.95 Å². The second kappa shape index (κ2) is 7.32. The molecule has 1 saturated heterocycles. The van der Waals surface area contributed by atoms with Crippen LogP contribution in [0.3, 0.4) is 0 Å². The van der Waals surface area contributed by atoms with Crippen molar-refractivity contribution in [3.8, 4) is 0 Å². The number of hydrogen-bond acceptors (Lipinski definition) is 5. The lowest BCUT2D eigenvalue weighted by molar-refractivity contribution is 0.0389. The summed E-state index contributed by atoms with van der Waals surface area (Å²) in [5.41, 5.74) is 0.911. The Labute approximate surface area is 118 Å². The molecule has 1 aromatic heterocycles. The molecule has 1 aliphatic rings. The van der Waals surface area contributed by atoms with Crippen molar-refractivity contribution in [2.75, 3.05) is 44.7 Å². The minimum Gasteiger partial charge on any atom is -0.379 e. The number of rotatable bonds is 4. The number of morpholine rings is 1. The maximum atomic E-state index is 5.30. The van der Waals surface area contributed by atoms with Crippen LogP contribution in [-0.2, 0) is 4.74 Å². The third kappa shape index (κ3) is 5.06. The van der Waals surface area contributed by atoms with Crippen molar-refractivity contribution < 1.29 is 4.74 Å². The quantitative estimate of drug-likeness (QED) is 0.775. The van der Waals surface area contributed by atoms with Gasteiger partial charge >= 0.3 is 0 Å². The van der Waals surface area contributed by atoms with Crippen LogP contribution in [0.1, 0.15) is 5.69 Å². The van der Waals surface area contributed by atoms with Crippen molar-refractivity contribution in [1.82, 2.24) is 20.2 Å². The predicted molar refractivity (Wildman–Crippen MR) is 78.3 cm³/mol. The second-order valence-electron chi connectivity index (χ2n) is 4.36. The van der Waals surface area contributed by atoms with Crippen molar-refractivity contribution in [3.63, 3.8) is 0 Å². The van der Waals surface area contributed by atoms with Crippen LogP contribution >= 0.6 is 12.2 Å². The molecular formula is C12H19N5OS. The fraction of sp³-hybridized carbons (Fsp3) is 0.583. The Balaban J connectivity index is 1.67. The summed E-state index contributed by atoms with van der Waals surface area (Å²) in [4.78, 5) is 10.7. The molecule has 2 rings (SSSR count). The van der Waals surface area contributed by atoms with E-state index < -0.39 is 0 Å². The largest absolute Gasteiger partial charge is 0.379 e. The molecule has 0 bridgehead atoms. The molecule has 0 saturated carbocycles. The van der Waals surface area contributed by atoms with Crippen LogP contribution in [0, 0.1) is 6.92 Å². The van der Waals surface area contributed by atoms with E-state index in [4.69, 9.17) is 17.0 Å². The highest BCUT2D eigenvalue weighted by Crippen LogP contribution is 1.98. The number of nitrogens with one attached hydrogen (secondary N) is 2. The average Bonchev–Trinajstić information content (AvgIpc) is 2.40. The van der Waals surface area contributed by atoms with E-state index in [2.05, 4.69) is 25.5 Å². The van der Waals surface area contributed by atoms with E-state index in [1.54, 1.807) is 6.20 Å². The first-order chi connectivity index (χ1) is 9.24. The molecule has 2 heterocycles. The third-order valence-corrected chi connectivity index (χ3v) is 3.08. The summed E-state index contributed by atoms with van der Waals surface area (Å²) in [6.45, 7) is 7.30. The van der Waals surface area contributed by atoms with Gasteiger partial charge in [-0.3, -0.25) is 4.90 Å². The van der Waals surface area contributed by atoms with Crippen LogP contribution in [0.2, 0.25) is 0 Å². The van der Waals surface area contributed by atoms with Crippen LogP contribution in [0.4, 0.5) is 5.95 Å². The number of hydrogen-bond donors (Lipinski definition) is 2. The molecule has 0 aromatic carbocycles. The van der Waals surface area contributed by atoms with Crippen LogP contribution < -0.4 is 10.6 Å². The Morgan fingerprint density at radius 2 is 2.26 bits per heavy atom. The number of aryl methyl sites for hydroxylation is 1. The van der Waals surface area contributed by atoms with Gasteiger partial charge < -0.3 is 15.4 Å². The maximum absolute atomic E-state index is 5.30. The van der Waals surface area contributed by atoms with Crippen LogP contribution in [0.25, 0.3) is 0 Å². The van der Waals surface area contributed by atoms with E-state index in [0.29, 0.717) is 11.1 Å². The zero-order valence-corrected chi connectivity index (χ0v) is 11.9. The first-order valence-electron chi connectivity index (χ1n) is 6.38. The molecule has 104 valence electrons. The minimum atomic E-state index is 0.531. The highest BCUT2D eigenvalue weighted by atomic mass is 32.1. The third-order valence-electron chi connectivity index (χ3n) is 2.84. The van der Waals surface area contributed by atoms with E-state index >= 15 is 0 Å². The number of thiocarbonyl (C=S) groups is 1. The second-order valence-corrected chi connectivity index (χ2v) is 4.76. The van der Waals surface area contributed by atoms with Crippen LogP contribution in [-0.4, -0.2) is 59.4 Å². The fourth-order valence-electron chi connectivity index (χ4n) is 1.81. The van der Waals surface area contributed by atoms with E-state index in [1.807, 2.05) is 13.0 Å². The maximum Gasteiger partial charge on any atom is 0.229 e. The zero-order valence-electron chi connectivity index (χ0n) is 11.1. The normalized spacial score (nSPS) is 16.1. The predicted octanol–water partition coefficient (Wildman–Crippen LogP) is 0.404. The molecule has 2 N–H and O–H groups in total. The van der Waals surface area contributed by atoms with E-state index in [-0.39, 0.29) is 0 Å². The molecule has 1 aliphatic heterocycles. The highest BCUT2D eigenvalue weighted by Gasteiger charge is 2.09. The lowest BCUT2D eigenvalue weighted by atomic mass is 10.4. The fourth-order valence-corrected chi connectivity index (χ4v) is 2.00. The van der Waals surface area contributed by atoms with Gasteiger partial charge in [0.25, 0.3) is 0 Å². The minimum absolute atomic E-state index is 0.531. The van der Waals surface area contributed by atoms with Gasteiger partial charge in [-0.1, -0.05) is 0 Å². The summed E-state index contributed by atoms with van der Waals surface area (Å²) in [6, 6.07) is 1.85. The van der Waals surface area contributed by atoms with Crippen molar-refractivity contribution >= 4 is 23.3 Å². The Morgan fingerprint density at radius 3 is 3.00 bits per heavy atom. The monoisotopic (exact) mass is 281 g/mol. The number of aromatic nitrogens is 2. The SMILES string of the molecule is Cc1ccnc(NC(=S)NCCN2CCOCC2)n1. The van der Waals surface area contributed by atoms with Gasteiger partial charge in [-0.15, -0.1) is 0 Å². The van der Waals surface area contributed by atoms with Gasteiger partial charge in [0.1, 0.15) is 0 Å². The molecule has 0 unspecified atom stereocenters. The smallest absolute Gasteiger partial charge is 0.229 e. The van der Waals surface area contributed by atoms with E-state index in [0.717, 1.165) is 45.1 Å². The highest BCUT2D eigenvalue weighted by molar-refractivity contribution is 7.80. The molecule has 0 spiro atoms. The van der Waals surface area contributed by atoms with Gasteiger partial charge in [-0.2, -0.15) is 0 Å². The molecule has 0 aliphatic carbocycles. The van der Waals surface area contributed by atoms with Gasteiger partial charge in [0.15, 0.2) is 5.11 Å².